The van der Waals surface area contributed by atoms with Crippen LogP contribution in [0.15, 0.2) is 47.1 Å². The maximum Gasteiger partial charge on any atom is 0.300 e. The van der Waals surface area contributed by atoms with Gasteiger partial charge in [0.05, 0.1) is 18.0 Å². The highest BCUT2D eigenvalue weighted by molar-refractivity contribution is 5.98. The molecule has 11 nitrogen and oxygen atoms in total. The summed E-state index contributed by atoms with van der Waals surface area (Å²) in [6.07, 6.45) is 5.50. The van der Waals surface area contributed by atoms with E-state index in [-0.39, 0.29) is 11.9 Å². The van der Waals surface area contributed by atoms with Crippen molar-refractivity contribution in [3.8, 4) is 11.3 Å². The lowest BCUT2D eigenvalue weighted by atomic mass is 9.90. The molecule has 3 aromatic heterocycles. The van der Waals surface area contributed by atoms with Crippen molar-refractivity contribution < 1.29 is 9.21 Å². The van der Waals surface area contributed by atoms with Crippen molar-refractivity contribution in [3.05, 3.63) is 53.9 Å². The van der Waals surface area contributed by atoms with Gasteiger partial charge >= 0.3 is 0 Å². The van der Waals surface area contributed by atoms with E-state index in [0.717, 1.165) is 89.0 Å². The van der Waals surface area contributed by atoms with Crippen LogP contribution in [-0.4, -0.2) is 73.2 Å². The van der Waals surface area contributed by atoms with Gasteiger partial charge in [-0.25, -0.2) is 14.6 Å². The second-order valence-electron chi connectivity index (χ2n) is 11.7. The minimum atomic E-state index is 0.207. The Labute approximate surface area is 243 Å². The number of fused-ring (bicyclic) bond motifs is 2. The first-order valence-electron chi connectivity index (χ1n) is 14.6. The third-order valence-electron chi connectivity index (χ3n) is 8.76. The maximum absolute atomic E-state index is 12.3. The normalized spacial score (nSPS) is 20.1. The molecule has 42 heavy (non-hydrogen) atoms. The van der Waals surface area contributed by atoms with E-state index in [9.17, 15) is 4.79 Å². The molecule has 2 aliphatic rings. The summed E-state index contributed by atoms with van der Waals surface area (Å²) in [5.74, 6) is 0.628. The Morgan fingerprint density at radius 3 is 2.52 bits per heavy atom. The number of amides is 1. The number of carbonyl (C=O) groups is 1. The molecule has 1 aliphatic carbocycles. The van der Waals surface area contributed by atoms with E-state index in [1.165, 1.54) is 6.33 Å². The Morgan fingerprint density at radius 2 is 1.76 bits per heavy atom. The van der Waals surface area contributed by atoms with Crippen LogP contribution < -0.4 is 11.1 Å². The average molecular weight is 566 g/mol. The highest BCUT2D eigenvalue weighted by atomic mass is 16.4. The molecule has 2 aromatic carbocycles. The summed E-state index contributed by atoms with van der Waals surface area (Å²) < 4.78 is 8.02. The summed E-state index contributed by atoms with van der Waals surface area (Å²) in [5, 5.41) is 9.13. The third-order valence-corrected chi connectivity index (χ3v) is 8.76. The van der Waals surface area contributed by atoms with Crippen molar-refractivity contribution >= 4 is 45.6 Å². The highest BCUT2D eigenvalue weighted by Crippen LogP contribution is 2.37. The predicted octanol–water partition coefficient (Wildman–Crippen LogP) is 4.83. The van der Waals surface area contributed by atoms with Crippen molar-refractivity contribution in [2.75, 3.05) is 37.7 Å². The van der Waals surface area contributed by atoms with Gasteiger partial charge in [0.1, 0.15) is 23.4 Å². The molecule has 1 aliphatic heterocycles. The van der Waals surface area contributed by atoms with Gasteiger partial charge in [0.15, 0.2) is 11.2 Å². The van der Waals surface area contributed by atoms with E-state index >= 15 is 0 Å². The summed E-state index contributed by atoms with van der Waals surface area (Å²) >= 11 is 0. The number of hydrogen-bond donors (Lipinski definition) is 2. The second kappa shape index (κ2) is 10.4. The number of nitrogen functional groups attached to an aromatic ring is 1. The fourth-order valence-corrected chi connectivity index (χ4v) is 6.47. The number of benzene rings is 2. The van der Waals surface area contributed by atoms with Gasteiger partial charge in [-0.2, -0.15) is 10.1 Å². The van der Waals surface area contributed by atoms with Crippen LogP contribution in [0.2, 0.25) is 0 Å². The summed E-state index contributed by atoms with van der Waals surface area (Å²) in [7, 11) is 1.88. The van der Waals surface area contributed by atoms with Crippen molar-refractivity contribution in [2.45, 2.75) is 51.6 Å². The Morgan fingerprint density at radius 1 is 1.00 bits per heavy atom. The quantitative estimate of drug-likeness (QED) is 0.307. The smallest absolute Gasteiger partial charge is 0.300 e. The predicted molar refractivity (Wildman–Crippen MR) is 162 cm³/mol. The molecule has 5 aromatic rings. The van der Waals surface area contributed by atoms with Crippen LogP contribution in [-0.2, 0) is 4.79 Å². The van der Waals surface area contributed by atoms with Gasteiger partial charge in [0.25, 0.3) is 6.01 Å². The number of aryl methyl sites for hydroxylation is 2. The number of nitrogens with zero attached hydrogens (tertiary/aromatic N) is 7. The van der Waals surface area contributed by atoms with Gasteiger partial charge in [-0.15, -0.1) is 0 Å². The molecule has 216 valence electrons. The molecule has 0 atom stereocenters. The zero-order valence-corrected chi connectivity index (χ0v) is 24.2. The van der Waals surface area contributed by atoms with Crippen LogP contribution in [0.25, 0.3) is 33.4 Å². The fraction of sp³-hybridized carbons (Fsp3) is 0.387. The van der Waals surface area contributed by atoms with Gasteiger partial charge in [-0.05, 0) is 68.9 Å². The number of anilines is 3. The van der Waals surface area contributed by atoms with Gasteiger partial charge in [0, 0.05) is 37.4 Å². The minimum Gasteiger partial charge on any atom is -0.423 e. The van der Waals surface area contributed by atoms with E-state index < -0.39 is 0 Å². The maximum atomic E-state index is 12.3. The lowest BCUT2D eigenvalue weighted by Crippen LogP contribution is -2.52. The van der Waals surface area contributed by atoms with Crippen LogP contribution in [0, 0.1) is 13.8 Å². The van der Waals surface area contributed by atoms with E-state index in [4.69, 9.17) is 15.2 Å². The number of aromatic nitrogens is 5. The second-order valence-corrected chi connectivity index (χ2v) is 11.7. The number of nitrogens with two attached hydrogens (primary N) is 1. The zero-order valence-electron chi connectivity index (χ0n) is 24.2. The van der Waals surface area contributed by atoms with E-state index in [0.29, 0.717) is 24.4 Å². The SMILES string of the molecule is Cc1cc(C)c2oc(Nc3ccc(-c4nn(C5CCC(N6CCN(C)C(=O)C6)CC5)c5ncnc(N)c45)cc3)nc2c1. The lowest BCUT2D eigenvalue weighted by molar-refractivity contribution is -0.135. The number of likely N-dealkylation sites (N-methyl/N-ethyl adjacent to an activating group) is 1. The molecule has 11 heteroatoms. The molecule has 3 N–H and O–H groups in total. The molecule has 4 heterocycles. The number of oxazole rings is 1. The first kappa shape index (κ1) is 26.4. The van der Waals surface area contributed by atoms with E-state index in [1.54, 1.807) is 0 Å². The Bertz CT molecular complexity index is 1780. The Balaban J connectivity index is 1.12. The van der Waals surface area contributed by atoms with Gasteiger partial charge < -0.3 is 20.4 Å². The summed E-state index contributed by atoms with van der Waals surface area (Å²) in [4.78, 5) is 29.9. The molecule has 1 saturated carbocycles. The van der Waals surface area contributed by atoms with E-state index in [1.807, 2.05) is 53.9 Å². The van der Waals surface area contributed by atoms with Crippen LogP contribution in [0.1, 0.15) is 42.9 Å². The molecular formula is C31H35N9O2. The number of rotatable bonds is 5. The van der Waals surface area contributed by atoms with Crippen molar-refractivity contribution in [3.63, 3.8) is 0 Å². The first-order chi connectivity index (χ1) is 20.3. The molecule has 7 rings (SSSR count). The highest BCUT2D eigenvalue weighted by Gasteiger charge is 2.32. The van der Waals surface area contributed by atoms with Crippen molar-refractivity contribution in [1.29, 1.82) is 0 Å². The Kier molecular flexibility index (Phi) is 6.53. The minimum absolute atomic E-state index is 0.207. The van der Waals surface area contributed by atoms with Crippen LogP contribution in [0.3, 0.4) is 0 Å². The number of nitrogens with one attached hydrogen (secondary N) is 1. The van der Waals surface area contributed by atoms with Crippen LogP contribution >= 0.6 is 0 Å². The fourth-order valence-electron chi connectivity index (χ4n) is 6.47. The third kappa shape index (κ3) is 4.73. The topological polar surface area (TPSA) is 131 Å². The Hall–Kier alpha value is -4.51. The molecule has 0 bridgehead atoms. The average Bonchev–Trinajstić information content (AvgIpc) is 3.57. The lowest BCUT2D eigenvalue weighted by Gasteiger charge is -2.40. The summed E-state index contributed by atoms with van der Waals surface area (Å²) in [6, 6.07) is 13.2. The monoisotopic (exact) mass is 565 g/mol. The zero-order chi connectivity index (χ0) is 29.0. The first-order valence-corrected chi connectivity index (χ1v) is 14.6. The number of hydrogen-bond acceptors (Lipinski definition) is 9. The molecular weight excluding hydrogens is 530 g/mol. The standard InChI is InChI=1S/C31H35N9O2/c1-18-14-19(2)28-24(15-18)36-31(42-28)35-21-6-4-20(5-7-21)27-26-29(32)33-17-34-30(26)40(37-27)23-10-8-22(9-11-23)39-13-12-38(3)25(41)16-39/h4-7,14-15,17,22-23H,8-13,16H2,1-3H3,(H,35,36)(H2,32,33,34). The largest absolute Gasteiger partial charge is 0.423 e. The van der Waals surface area contributed by atoms with Crippen LogP contribution in [0.4, 0.5) is 17.5 Å². The van der Waals surface area contributed by atoms with Crippen LogP contribution in [0.5, 0.6) is 0 Å². The summed E-state index contributed by atoms with van der Waals surface area (Å²) in [5.41, 5.74) is 13.6. The van der Waals surface area contributed by atoms with E-state index in [2.05, 4.69) is 38.2 Å². The molecule has 1 amide bonds. The molecule has 0 radical (unpaired) electrons. The number of piperazine rings is 1. The molecule has 1 saturated heterocycles. The van der Waals surface area contributed by atoms with Crippen molar-refractivity contribution in [2.24, 2.45) is 0 Å². The van der Waals surface area contributed by atoms with Gasteiger partial charge in [-0.1, -0.05) is 18.2 Å². The molecule has 0 unspecified atom stereocenters. The van der Waals surface area contributed by atoms with Gasteiger partial charge in [0.2, 0.25) is 5.91 Å². The van der Waals surface area contributed by atoms with Crippen molar-refractivity contribution in [1.82, 2.24) is 34.5 Å². The molecule has 2 fully saturated rings. The van der Waals surface area contributed by atoms with Gasteiger partial charge in [-0.3, -0.25) is 9.69 Å². The summed E-state index contributed by atoms with van der Waals surface area (Å²) in [6.45, 7) is 6.33. The molecule has 0 spiro atoms. The number of carbonyl (C=O) groups excluding carboxylic acids is 1.